The van der Waals surface area contributed by atoms with Gasteiger partial charge in [0.05, 0.1) is 6.61 Å². The summed E-state index contributed by atoms with van der Waals surface area (Å²) in [6.45, 7) is 12.3. The molecule has 0 fully saturated rings. The number of ether oxygens (including phenoxy) is 1. The normalized spacial score (nSPS) is 18.4. The van der Waals surface area contributed by atoms with E-state index in [1.807, 2.05) is 19.1 Å². The first-order chi connectivity index (χ1) is 15.7. The Morgan fingerprint density at radius 3 is 2.47 bits per heavy atom. The summed E-state index contributed by atoms with van der Waals surface area (Å²) in [5.74, 6) is -2.52. The Bertz CT molecular complexity index is 996. The van der Waals surface area contributed by atoms with Gasteiger partial charge in [0.15, 0.2) is 0 Å². The molecular weight excluding hydrogens is 454 g/mol. The van der Waals surface area contributed by atoms with Crippen molar-refractivity contribution >= 4 is 22.0 Å². The molecule has 0 aromatic carbocycles. The summed E-state index contributed by atoms with van der Waals surface area (Å²) in [5.41, 5.74) is 4.66. The summed E-state index contributed by atoms with van der Waals surface area (Å²) in [6, 6.07) is -1.49. The second kappa shape index (κ2) is 13.4. The van der Waals surface area contributed by atoms with Crippen molar-refractivity contribution in [3.8, 4) is 0 Å². The van der Waals surface area contributed by atoms with Gasteiger partial charge in [0.1, 0.15) is 11.8 Å². The Morgan fingerprint density at radius 2 is 1.88 bits per heavy atom. The largest absolute Gasteiger partial charge is 0.464 e. The topological polar surface area (TPSA) is 110 Å². The first-order valence-electron chi connectivity index (χ1n) is 11.6. The monoisotopic (exact) mass is 493 g/mol. The fourth-order valence-corrected chi connectivity index (χ4v) is 4.42. The van der Waals surface area contributed by atoms with Crippen LogP contribution in [0, 0.1) is 5.41 Å². The van der Waals surface area contributed by atoms with Crippen molar-refractivity contribution in [3.63, 3.8) is 0 Å². The van der Waals surface area contributed by atoms with Crippen LogP contribution in [0.1, 0.15) is 67.2 Å². The fourth-order valence-electron chi connectivity index (χ4n) is 3.78. The van der Waals surface area contributed by atoms with Gasteiger partial charge in [-0.25, -0.2) is 4.79 Å². The van der Waals surface area contributed by atoms with E-state index in [2.05, 4.69) is 38.2 Å². The first-order valence-corrected chi connectivity index (χ1v) is 13.2. The van der Waals surface area contributed by atoms with Gasteiger partial charge in [0.25, 0.3) is 10.1 Å². The molecule has 1 atom stereocenters. The zero-order valence-corrected chi connectivity index (χ0v) is 22.0. The van der Waals surface area contributed by atoms with Crippen LogP contribution in [0.3, 0.4) is 0 Å². The number of rotatable bonds is 11. The third-order valence-electron chi connectivity index (χ3n) is 5.56. The van der Waals surface area contributed by atoms with Crippen LogP contribution in [0.5, 0.6) is 0 Å². The van der Waals surface area contributed by atoms with E-state index in [0.29, 0.717) is 12.0 Å². The van der Waals surface area contributed by atoms with Gasteiger partial charge in [-0.15, -0.1) is 0 Å². The predicted molar refractivity (Wildman–Crippen MR) is 136 cm³/mol. The quantitative estimate of drug-likeness (QED) is 0.184. The number of allylic oxidation sites excluding steroid dienone is 9. The minimum Gasteiger partial charge on any atom is -0.464 e. The lowest BCUT2D eigenvalue weighted by Crippen LogP contribution is -2.45. The average Bonchev–Trinajstić information content (AvgIpc) is 2.69. The van der Waals surface area contributed by atoms with Crippen molar-refractivity contribution < 1.29 is 27.3 Å². The molecule has 34 heavy (non-hydrogen) atoms. The van der Waals surface area contributed by atoms with Gasteiger partial charge in [0.2, 0.25) is 5.91 Å². The molecule has 0 radical (unpaired) electrons. The van der Waals surface area contributed by atoms with Crippen molar-refractivity contribution in [2.45, 2.75) is 73.3 Å². The molecule has 0 aromatic heterocycles. The first kappa shape index (κ1) is 29.6. The molecule has 0 spiro atoms. The Hall–Kier alpha value is -2.45. The van der Waals surface area contributed by atoms with E-state index in [0.717, 1.165) is 12.0 Å². The lowest BCUT2D eigenvalue weighted by Gasteiger charge is -2.32. The Labute approximate surface area is 204 Å². The maximum Gasteiger partial charge on any atom is 0.329 e. The molecule has 0 aromatic rings. The van der Waals surface area contributed by atoms with E-state index in [1.165, 1.54) is 30.1 Å². The zero-order chi connectivity index (χ0) is 25.9. The van der Waals surface area contributed by atoms with Gasteiger partial charge >= 0.3 is 5.97 Å². The van der Waals surface area contributed by atoms with Crippen LogP contribution in [-0.2, 0) is 24.4 Å². The fraction of sp³-hybridized carbons (Fsp3) is 0.538. The van der Waals surface area contributed by atoms with E-state index >= 15 is 0 Å². The van der Waals surface area contributed by atoms with Gasteiger partial charge in [-0.2, -0.15) is 8.42 Å². The van der Waals surface area contributed by atoms with Crippen molar-refractivity contribution in [1.82, 2.24) is 5.32 Å². The highest BCUT2D eigenvalue weighted by atomic mass is 32.2. The summed E-state index contributed by atoms with van der Waals surface area (Å²) in [7, 11) is -4.48. The lowest BCUT2D eigenvalue weighted by atomic mass is 9.72. The molecule has 7 nitrogen and oxygen atoms in total. The summed E-state index contributed by atoms with van der Waals surface area (Å²) in [6.07, 6.45) is 15.1. The van der Waals surface area contributed by atoms with E-state index in [9.17, 15) is 18.0 Å². The molecule has 1 rings (SSSR count). The molecule has 0 saturated carbocycles. The Kier molecular flexibility index (Phi) is 11.7. The van der Waals surface area contributed by atoms with E-state index in [-0.39, 0.29) is 12.0 Å². The summed E-state index contributed by atoms with van der Waals surface area (Å²) in [5, 5.41) is 2.29. The van der Waals surface area contributed by atoms with Crippen LogP contribution in [0.15, 0.2) is 58.7 Å². The molecule has 1 aliphatic carbocycles. The maximum atomic E-state index is 12.3. The molecule has 0 aliphatic heterocycles. The van der Waals surface area contributed by atoms with Crippen LogP contribution in [0.2, 0.25) is 0 Å². The highest BCUT2D eigenvalue weighted by Gasteiger charge is 2.27. The molecule has 8 heteroatoms. The van der Waals surface area contributed by atoms with E-state index < -0.39 is 33.8 Å². The molecule has 0 bridgehead atoms. The van der Waals surface area contributed by atoms with Crippen LogP contribution in [0.25, 0.3) is 0 Å². The summed E-state index contributed by atoms with van der Waals surface area (Å²) >= 11 is 0. The van der Waals surface area contributed by atoms with Gasteiger partial charge in [0, 0.05) is 6.08 Å². The molecule has 1 aliphatic rings. The smallest absolute Gasteiger partial charge is 0.329 e. The van der Waals surface area contributed by atoms with Crippen molar-refractivity contribution in [2.24, 2.45) is 5.41 Å². The number of amides is 1. The van der Waals surface area contributed by atoms with Crippen LogP contribution in [0.4, 0.5) is 0 Å². The van der Waals surface area contributed by atoms with Crippen LogP contribution >= 0.6 is 0 Å². The van der Waals surface area contributed by atoms with Crippen LogP contribution < -0.4 is 5.32 Å². The number of carbonyl (C=O) groups excluding carboxylic acids is 2. The molecular formula is C26H39NO6S. The lowest BCUT2D eigenvalue weighted by molar-refractivity contribution is -0.146. The maximum absolute atomic E-state index is 12.3. The Morgan fingerprint density at radius 1 is 1.21 bits per heavy atom. The minimum atomic E-state index is -4.48. The molecule has 0 unspecified atom stereocenters. The summed E-state index contributed by atoms with van der Waals surface area (Å²) < 4.78 is 36.4. The third kappa shape index (κ3) is 11.1. The van der Waals surface area contributed by atoms with Crippen molar-refractivity contribution in [3.05, 3.63) is 58.7 Å². The average molecular weight is 494 g/mol. The molecule has 0 saturated heterocycles. The zero-order valence-electron chi connectivity index (χ0n) is 21.2. The van der Waals surface area contributed by atoms with E-state index in [1.54, 1.807) is 19.9 Å². The predicted octanol–water partition coefficient (Wildman–Crippen LogP) is 4.84. The minimum absolute atomic E-state index is 0.0861. The van der Waals surface area contributed by atoms with Gasteiger partial charge < -0.3 is 10.1 Å². The summed E-state index contributed by atoms with van der Waals surface area (Å²) in [4.78, 5) is 24.3. The van der Waals surface area contributed by atoms with Crippen molar-refractivity contribution in [1.29, 1.82) is 0 Å². The van der Waals surface area contributed by atoms with Crippen molar-refractivity contribution in [2.75, 3.05) is 12.4 Å². The number of nitrogens with one attached hydrogen (secondary N) is 1. The second-order valence-electron chi connectivity index (χ2n) is 9.40. The van der Waals surface area contributed by atoms with Gasteiger partial charge in [-0.3, -0.25) is 9.35 Å². The molecule has 0 heterocycles. The number of hydrogen-bond acceptors (Lipinski definition) is 5. The Balaban J connectivity index is 2.81. The molecule has 2 N–H and O–H groups in total. The molecule has 190 valence electrons. The third-order valence-corrected chi connectivity index (χ3v) is 6.31. The number of hydrogen-bond donors (Lipinski definition) is 2. The highest BCUT2D eigenvalue weighted by molar-refractivity contribution is 7.85. The SMILES string of the molecule is CCCOC(=O)[C@H](CS(=O)(=O)O)NC(=O)/C=C(/C)C=CC=C(C)C=CC1=C(C)CCCC1(C)C. The highest BCUT2D eigenvalue weighted by Crippen LogP contribution is 2.40. The van der Waals surface area contributed by atoms with Crippen LogP contribution in [-0.4, -0.2) is 43.2 Å². The molecule has 1 amide bonds. The number of esters is 1. The van der Waals surface area contributed by atoms with Gasteiger partial charge in [-0.05, 0) is 63.0 Å². The number of carbonyl (C=O) groups is 2. The van der Waals surface area contributed by atoms with Gasteiger partial charge in [-0.1, -0.05) is 62.3 Å². The van der Waals surface area contributed by atoms with E-state index in [4.69, 9.17) is 9.29 Å². The standard InChI is InChI=1S/C26H39NO6S/c1-7-16-33-25(29)23(18-34(30,31)32)27-24(28)17-20(3)11-8-10-19(2)13-14-22-21(4)12-9-15-26(22,5)6/h8,10-11,13-14,17,23H,7,9,12,15-16,18H2,1-6H3,(H,27,28)(H,30,31,32)/b11-8?,14-13?,19-10?,20-17-/t23-/m0/s1. The second-order valence-corrected chi connectivity index (χ2v) is 10.9.